The van der Waals surface area contributed by atoms with Gasteiger partial charge >= 0.3 is 0 Å². The summed E-state index contributed by atoms with van der Waals surface area (Å²) in [6.45, 7) is 0. The number of rotatable bonds is 1. The summed E-state index contributed by atoms with van der Waals surface area (Å²) in [6.07, 6.45) is 0. The minimum absolute atomic E-state index is 0.152. The first kappa shape index (κ1) is 10.7. The van der Waals surface area contributed by atoms with Crippen molar-refractivity contribution in [1.29, 1.82) is 0 Å². The minimum atomic E-state index is -0.673. The molecule has 2 aromatic carbocycles. The van der Waals surface area contributed by atoms with E-state index in [9.17, 15) is 14.8 Å². The third-order valence-electron chi connectivity index (χ3n) is 2.97. The van der Waals surface area contributed by atoms with Gasteiger partial charge in [-0.25, -0.2) is 0 Å². The van der Waals surface area contributed by atoms with Crippen LogP contribution in [0.1, 0.15) is 20.7 Å². The molecule has 1 heterocycles. The van der Waals surface area contributed by atoms with Crippen molar-refractivity contribution in [2.75, 3.05) is 0 Å². The number of hydrogen-bond donors (Lipinski definition) is 1. The topological polar surface area (TPSA) is 57.6 Å². The molecule has 0 saturated heterocycles. The number of nitrogens with zero attached hydrogens (tertiary/aromatic N) is 1. The fraction of sp³-hybridized carbons (Fsp3) is 0. The van der Waals surface area contributed by atoms with Crippen molar-refractivity contribution < 1.29 is 14.8 Å². The molecule has 0 aliphatic carbocycles. The van der Waals surface area contributed by atoms with E-state index in [1.165, 1.54) is 0 Å². The van der Waals surface area contributed by atoms with Crippen molar-refractivity contribution in [3.05, 3.63) is 59.7 Å². The lowest BCUT2D eigenvalue weighted by atomic mass is 10.0. The highest BCUT2D eigenvalue weighted by Crippen LogP contribution is 2.27. The van der Waals surface area contributed by atoms with Crippen molar-refractivity contribution in [2.45, 2.75) is 0 Å². The highest BCUT2D eigenvalue weighted by Gasteiger charge is 2.34. The molecule has 2 amide bonds. The van der Waals surface area contributed by atoms with Gasteiger partial charge in [0.05, 0.1) is 11.1 Å². The minimum Gasteiger partial charge on any atom is -0.278 e. The van der Waals surface area contributed by atoms with Gasteiger partial charge in [0.15, 0.2) is 0 Å². The Labute approximate surface area is 103 Å². The molecule has 4 heteroatoms. The van der Waals surface area contributed by atoms with Crippen LogP contribution in [0.3, 0.4) is 0 Å². The maximum atomic E-state index is 11.6. The van der Waals surface area contributed by atoms with E-state index in [-0.39, 0.29) is 16.2 Å². The van der Waals surface area contributed by atoms with E-state index in [0.29, 0.717) is 0 Å². The van der Waals surface area contributed by atoms with E-state index < -0.39 is 11.8 Å². The van der Waals surface area contributed by atoms with E-state index in [1.54, 1.807) is 18.2 Å². The molecule has 0 atom stereocenters. The summed E-state index contributed by atoms with van der Waals surface area (Å²) in [5.41, 5.74) is 2.27. The lowest BCUT2D eigenvalue weighted by molar-refractivity contribution is -0.0327. The number of imide groups is 1. The van der Waals surface area contributed by atoms with E-state index in [1.807, 2.05) is 30.3 Å². The molecule has 0 bridgehead atoms. The van der Waals surface area contributed by atoms with Gasteiger partial charge in [0.25, 0.3) is 11.8 Å². The molecule has 0 unspecified atom stereocenters. The van der Waals surface area contributed by atoms with Crippen LogP contribution < -0.4 is 0 Å². The van der Waals surface area contributed by atoms with Crippen LogP contribution in [-0.4, -0.2) is 22.1 Å². The summed E-state index contributed by atoms with van der Waals surface area (Å²) in [5, 5.41) is 9.44. The van der Waals surface area contributed by atoms with Gasteiger partial charge in [-0.15, -0.1) is 5.06 Å². The second-order valence-electron chi connectivity index (χ2n) is 4.05. The largest absolute Gasteiger partial charge is 0.285 e. The Morgan fingerprint density at radius 1 is 0.778 bits per heavy atom. The van der Waals surface area contributed by atoms with Gasteiger partial charge < -0.3 is 0 Å². The second kappa shape index (κ2) is 3.78. The summed E-state index contributed by atoms with van der Waals surface area (Å²) < 4.78 is 0. The predicted octanol–water partition coefficient (Wildman–Crippen LogP) is 2.34. The van der Waals surface area contributed by atoms with Gasteiger partial charge in [0.1, 0.15) is 0 Å². The van der Waals surface area contributed by atoms with Crippen LogP contribution in [0.15, 0.2) is 48.5 Å². The number of hydroxylamine groups is 2. The molecule has 0 saturated carbocycles. The zero-order chi connectivity index (χ0) is 12.7. The van der Waals surface area contributed by atoms with Gasteiger partial charge in [-0.3, -0.25) is 14.8 Å². The Morgan fingerprint density at radius 2 is 1.44 bits per heavy atom. The molecule has 0 spiro atoms. The van der Waals surface area contributed by atoms with E-state index in [4.69, 9.17) is 0 Å². The zero-order valence-electron chi connectivity index (χ0n) is 9.33. The van der Waals surface area contributed by atoms with Crippen molar-refractivity contribution >= 4 is 11.8 Å². The van der Waals surface area contributed by atoms with Crippen LogP contribution in [0.25, 0.3) is 11.1 Å². The van der Waals surface area contributed by atoms with Crippen LogP contribution in [0.5, 0.6) is 0 Å². The monoisotopic (exact) mass is 239 g/mol. The SMILES string of the molecule is O=C1c2ccc(-c3ccccc3)cc2C(=O)N1O. The van der Waals surface area contributed by atoms with Crippen molar-refractivity contribution in [3.63, 3.8) is 0 Å². The number of benzene rings is 2. The first-order valence-electron chi connectivity index (χ1n) is 5.45. The highest BCUT2D eigenvalue weighted by molar-refractivity contribution is 6.20. The second-order valence-corrected chi connectivity index (χ2v) is 4.05. The molecule has 0 fully saturated rings. The van der Waals surface area contributed by atoms with Crippen LogP contribution >= 0.6 is 0 Å². The highest BCUT2D eigenvalue weighted by atomic mass is 16.5. The summed E-state index contributed by atoms with van der Waals surface area (Å²) in [4.78, 5) is 23.2. The van der Waals surface area contributed by atoms with Gasteiger partial charge in [-0.2, -0.15) is 0 Å². The normalized spacial score (nSPS) is 13.9. The van der Waals surface area contributed by atoms with Crippen molar-refractivity contribution in [3.8, 4) is 11.1 Å². The maximum Gasteiger partial charge on any atom is 0.285 e. The van der Waals surface area contributed by atoms with E-state index in [0.717, 1.165) is 11.1 Å². The molecule has 1 aliphatic rings. The fourth-order valence-electron chi connectivity index (χ4n) is 2.04. The Hall–Kier alpha value is -2.46. The molecule has 3 rings (SSSR count). The van der Waals surface area contributed by atoms with Crippen LogP contribution in [-0.2, 0) is 0 Å². The standard InChI is InChI=1S/C14H9NO3/c16-13-11-7-6-10(9-4-2-1-3-5-9)8-12(11)14(17)15(13)18/h1-8,18H. The fourth-order valence-corrected chi connectivity index (χ4v) is 2.04. The van der Waals surface area contributed by atoms with Crippen LogP contribution in [0.4, 0.5) is 0 Å². The molecule has 2 aromatic rings. The number of carbonyl (C=O) groups excluding carboxylic acids is 2. The molecule has 18 heavy (non-hydrogen) atoms. The Bertz CT molecular complexity index is 649. The van der Waals surface area contributed by atoms with Crippen LogP contribution in [0, 0.1) is 0 Å². The zero-order valence-corrected chi connectivity index (χ0v) is 9.33. The van der Waals surface area contributed by atoms with Gasteiger partial charge in [-0.1, -0.05) is 36.4 Å². The average Bonchev–Trinajstić information content (AvgIpc) is 2.65. The molecule has 1 aliphatic heterocycles. The molecule has 4 nitrogen and oxygen atoms in total. The van der Waals surface area contributed by atoms with Gasteiger partial charge in [-0.05, 0) is 23.3 Å². The summed E-state index contributed by atoms with van der Waals surface area (Å²) in [6, 6.07) is 14.5. The summed E-state index contributed by atoms with van der Waals surface area (Å²) >= 11 is 0. The number of hydrogen-bond acceptors (Lipinski definition) is 3. The molecule has 0 radical (unpaired) electrons. The first-order valence-corrected chi connectivity index (χ1v) is 5.45. The quantitative estimate of drug-likeness (QED) is 0.613. The lowest BCUT2D eigenvalue weighted by Crippen LogP contribution is -2.25. The number of fused-ring (bicyclic) bond motifs is 1. The average molecular weight is 239 g/mol. The third kappa shape index (κ3) is 1.43. The van der Waals surface area contributed by atoms with Crippen LogP contribution in [0.2, 0.25) is 0 Å². The van der Waals surface area contributed by atoms with Gasteiger partial charge in [0.2, 0.25) is 0 Å². The molecular weight excluding hydrogens is 230 g/mol. The maximum absolute atomic E-state index is 11.6. The molecular formula is C14H9NO3. The lowest BCUT2D eigenvalue weighted by Gasteiger charge is -2.02. The Morgan fingerprint density at radius 3 is 2.17 bits per heavy atom. The smallest absolute Gasteiger partial charge is 0.278 e. The summed E-state index contributed by atoms with van der Waals surface area (Å²) in [7, 11) is 0. The first-order chi connectivity index (χ1) is 8.68. The van der Waals surface area contributed by atoms with Gasteiger partial charge in [0, 0.05) is 0 Å². The summed E-state index contributed by atoms with van der Waals surface area (Å²) in [5.74, 6) is -1.35. The number of carbonyl (C=O) groups is 2. The third-order valence-corrected chi connectivity index (χ3v) is 2.97. The van der Waals surface area contributed by atoms with E-state index in [2.05, 4.69) is 0 Å². The Kier molecular flexibility index (Phi) is 2.25. The molecule has 1 N–H and O–H groups in total. The van der Waals surface area contributed by atoms with Crippen molar-refractivity contribution in [1.82, 2.24) is 5.06 Å². The molecule has 0 aromatic heterocycles. The van der Waals surface area contributed by atoms with Crippen molar-refractivity contribution in [2.24, 2.45) is 0 Å². The predicted molar refractivity (Wildman–Crippen MR) is 64.2 cm³/mol. The number of amides is 2. The Balaban J connectivity index is 2.14. The molecule has 88 valence electrons. The van der Waals surface area contributed by atoms with E-state index >= 15 is 0 Å².